The lowest BCUT2D eigenvalue weighted by Gasteiger charge is -2.30. The van der Waals surface area contributed by atoms with E-state index in [9.17, 15) is 9.18 Å². The molecule has 2 heterocycles. The smallest absolute Gasteiger partial charge is 0.237 e. The Morgan fingerprint density at radius 1 is 1.36 bits per heavy atom. The van der Waals surface area contributed by atoms with Crippen LogP contribution in [0.3, 0.4) is 0 Å². The number of hydrogen-bond donors (Lipinski definition) is 0. The van der Waals surface area contributed by atoms with Gasteiger partial charge >= 0.3 is 0 Å². The topological polar surface area (TPSA) is 23.6 Å². The molecule has 25 heavy (non-hydrogen) atoms. The fraction of sp³-hybridized carbons (Fsp3) is 0.421. The van der Waals surface area contributed by atoms with Gasteiger partial charge < -0.3 is 4.90 Å². The minimum Gasteiger partial charge on any atom is -0.337 e. The highest BCUT2D eigenvalue weighted by atomic mass is 35.5. The van der Waals surface area contributed by atoms with Gasteiger partial charge in [-0.1, -0.05) is 17.7 Å². The maximum absolute atomic E-state index is 14.1. The molecule has 0 saturated heterocycles. The van der Waals surface area contributed by atoms with Gasteiger partial charge in [0, 0.05) is 41.1 Å². The summed E-state index contributed by atoms with van der Waals surface area (Å²) in [6, 6.07) is 7.21. The van der Waals surface area contributed by atoms with Gasteiger partial charge in [0.25, 0.3) is 0 Å². The summed E-state index contributed by atoms with van der Waals surface area (Å²) in [5.41, 5.74) is 1.75. The maximum Gasteiger partial charge on any atom is 0.237 e. The van der Waals surface area contributed by atoms with E-state index < -0.39 is 0 Å². The van der Waals surface area contributed by atoms with Gasteiger partial charge in [0.15, 0.2) is 0 Å². The van der Waals surface area contributed by atoms with Crippen LogP contribution in [0.15, 0.2) is 29.6 Å². The number of nitrogens with zero attached hydrogens (tertiary/aromatic N) is 2. The van der Waals surface area contributed by atoms with E-state index in [1.54, 1.807) is 23.5 Å². The zero-order valence-corrected chi connectivity index (χ0v) is 15.5. The third-order valence-corrected chi connectivity index (χ3v) is 6.36. The zero-order valence-electron chi connectivity index (χ0n) is 13.9. The van der Waals surface area contributed by atoms with E-state index in [1.165, 1.54) is 16.5 Å². The van der Waals surface area contributed by atoms with Crippen LogP contribution < -0.4 is 0 Å². The average Bonchev–Trinajstić information content (AvgIpc) is 3.34. The molecule has 1 aromatic heterocycles. The zero-order chi connectivity index (χ0) is 17.4. The molecule has 0 atom stereocenters. The Bertz CT molecular complexity index is 769. The van der Waals surface area contributed by atoms with Crippen LogP contribution in [0, 0.1) is 5.82 Å². The van der Waals surface area contributed by atoms with Crippen molar-refractivity contribution >= 4 is 28.8 Å². The van der Waals surface area contributed by atoms with Gasteiger partial charge in [0.2, 0.25) is 5.91 Å². The molecule has 2 aliphatic rings. The third-order valence-electron chi connectivity index (χ3n) is 4.98. The fourth-order valence-electron chi connectivity index (χ4n) is 3.38. The minimum absolute atomic E-state index is 0.121. The van der Waals surface area contributed by atoms with Crippen LogP contribution in [0.2, 0.25) is 5.02 Å². The standard InChI is InChI=1S/C19H20ClFN2OS/c20-16-2-1-3-17(21)15(16)11-23(14-4-5-14)12-19(24)22-8-6-18-13(10-22)7-9-25-18/h1-3,7,9,14H,4-6,8,10-12H2. The third kappa shape index (κ3) is 3.73. The van der Waals surface area contributed by atoms with Gasteiger partial charge in [-0.15, -0.1) is 11.3 Å². The van der Waals surface area contributed by atoms with Gasteiger partial charge in [0.1, 0.15) is 5.82 Å². The summed E-state index contributed by atoms with van der Waals surface area (Å²) in [7, 11) is 0. The number of benzene rings is 1. The number of carbonyl (C=O) groups is 1. The van der Waals surface area contributed by atoms with Crippen molar-refractivity contribution < 1.29 is 9.18 Å². The molecule has 1 aromatic carbocycles. The van der Waals surface area contributed by atoms with E-state index in [-0.39, 0.29) is 11.7 Å². The van der Waals surface area contributed by atoms with Gasteiger partial charge in [-0.05, 0) is 48.4 Å². The normalized spacial score (nSPS) is 17.0. The number of carbonyl (C=O) groups excluding carboxylic acids is 1. The second kappa shape index (κ2) is 7.06. The molecule has 0 N–H and O–H groups in total. The Kier molecular flexibility index (Phi) is 4.80. The van der Waals surface area contributed by atoms with Crippen LogP contribution in [-0.4, -0.2) is 34.8 Å². The number of thiophene rings is 1. The Morgan fingerprint density at radius 2 is 2.20 bits per heavy atom. The monoisotopic (exact) mass is 378 g/mol. The lowest BCUT2D eigenvalue weighted by Crippen LogP contribution is -2.43. The summed E-state index contributed by atoms with van der Waals surface area (Å²) in [4.78, 5) is 18.2. The van der Waals surface area contributed by atoms with Crippen LogP contribution in [-0.2, 0) is 24.3 Å². The summed E-state index contributed by atoms with van der Waals surface area (Å²) in [6.45, 7) is 2.18. The molecule has 0 radical (unpaired) electrons. The first kappa shape index (κ1) is 17.0. The maximum atomic E-state index is 14.1. The first-order valence-electron chi connectivity index (χ1n) is 8.62. The van der Waals surface area contributed by atoms with Gasteiger partial charge in [0.05, 0.1) is 6.54 Å². The molecule has 6 heteroatoms. The van der Waals surface area contributed by atoms with Crippen molar-refractivity contribution in [2.45, 2.75) is 38.4 Å². The van der Waals surface area contributed by atoms with Crippen LogP contribution in [0.4, 0.5) is 4.39 Å². The molecule has 1 aliphatic carbocycles. The second-order valence-corrected chi connectivity index (χ2v) is 8.18. The highest BCUT2D eigenvalue weighted by Gasteiger charge is 2.33. The van der Waals surface area contributed by atoms with E-state index >= 15 is 0 Å². The van der Waals surface area contributed by atoms with E-state index in [0.717, 1.165) is 25.8 Å². The number of hydrogen-bond acceptors (Lipinski definition) is 3. The SMILES string of the molecule is O=C(CN(Cc1c(F)cccc1Cl)C1CC1)N1CCc2sccc2C1. The van der Waals surface area contributed by atoms with Crippen molar-refractivity contribution in [1.29, 1.82) is 0 Å². The predicted octanol–water partition coefficient (Wildman–Crippen LogP) is 4.09. The van der Waals surface area contributed by atoms with Crippen molar-refractivity contribution in [2.75, 3.05) is 13.1 Å². The largest absolute Gasteiger partial charge is 0.337 e. The molecular formula is C19H20ClFN2OS. The molecule has 1 fully saturated rings. The van der Waals surface area contributed by atoms with Crippen molar-refractivity contribution in [1.82, 2.24) is 9.80 Å². The van der Waals surface area contributed by atoms with E-state index in [1.807, 2.05) is 4.90 Å². The summed E-state index contributed by atoms with van der Waals surface area (Å²) >= 11 is 7.93. The molecule has 1 saturated carbocycles. The number of fused-ring (bicyclic) bond motifs is 1. The Labute approximate surface area is 156 Å². The van der Waals surface area contributed by atoms with Gasteiger partial charge in [-0.25, -0.2) is 4.39 Å². The predicted molar refractivity (Wildman–Crippen MR) is 98.3 cm³/mol. The lowest BCUT2D eigenvalue weighted by atomic mass is 10.1. The Balaban J connectivity index is 1.45. The molecule has 0 unspecified atom stereocenters. The minimum atomic E-state index is -0.300. The van der Waals surface area contributed by atoms with Crippen molar-refractivity contribution in [3.8, 4) is 0 Å². The van der Waals surface area contributed by atoms with Gasteiger partial charge in [-0.2, -0.15) is 0 Å². The summed E-state index contributed by atoms with van der Waals surface area (Å²) in [6.07, 6.45) is 3.06. The molecule has 1 amide bonds. The van der Waals surface area contributed by atoms with Crippen LogP contribution in [0.5, 0.6) is 0 Å². The quantitative estimate of drug-likeness (QED) is 0.782. The first-order chi connectivity index (χ1) is 12.1. The molecule has 1 aliphatic heterocycles. The number of amides is 1. The van der Waals surface area contributed by atoms with Crippen molar-refractivity contribution in [3.05, 3.63) is 56.5 Å². The summed E-state index contributed by atoms with van der Waals surface area (Å²) in [5, 5.41) is 2.52. The second-order valence-electron chi connectivity index (χ2n) is 6.77. The first-order valence-corrected chi connectivity index (χ1v) is 9.87. The van der Waals surface area contributed by atoms with Crippen LogP contribution in [0.1, 0.15) is 28.8 Å². The molecule has 2 aromatic rings. The molecular weight excluding hydrogens is 359 g/mol. The highest BCUT2D eigenvalue weighted by Crippen LogP contribution is 2.31. The summed E-state index contributed by atoms with van der Waals surface area (Å²) < 4.78 is 14.1. The number of rotatable bonds is 5. The molecule has 0 spiro atoms. The van der Waals surface area contributed by atoms with E-state index in [4.69, 9.17) is 11.6 Å². The molecule has 0 bridgehead atoms. The fourth-order valence-corrected chi connectivity index (χ4v) is 4.49. The number of halogens is 2. The molecule has 132 valence electrons. The molecule has 3 nitrogen and oxygen atoms in total. The van der Waals surface area contributed by atoms with Gasteiger partial charge in [-0.3, -0.25) is 9.69 Å². The Hall–Kier alpha value is -1.43. The van der Waals surface area contributed by atoms with Crippen LogP contribution >= 0.6 is 22.9 Å². The van der Waals surface area contributed by atoms with Crippen molar-refractivity contribution in [2.24, 2.45) is 0 Å². The Morgan fingerprint density at radius 3 is 2.96 bits per heavy atom. The van der Waals surface area contributed by atoms with Crippen molar-refractivity contribution in [3.63, 3.8) is 0 Å². The molecule has 4 rings (SSSR count). The average molecular weight is 379 g/mol. The summed E-state index contributed by atoms with van der Waals surface area (Å²) in [5.74, 6) is -0.178. The van der Waals surface area contributed by atoms with Crippen LogP contribution in [0.25, 0.3) is 0 Å². The lowest BCUT2D eigenvalue weighted by molar-refractivity contribution is -0.133. The van der Waals surface area contributed by atoms with E-state index in [0.29, 0.717) is 36.3 Å². The highest BCUT2D eigenvalue weighted by molar-refractivity contribution is 7.10. The van der Waals surface area contributed by atoms with E-state index in [2.05, 4.69) is 16.3 Å².